The van der Waals surface area contributed by atoms with Crippen molar-refractivity contribution in [3.05, 3.63) is 52.6 Å². The Kier molecular flexibility index (Phi) is 5.87. The van der Waals surface area contributed by atoms with Gasteiger partial charge in [0.2, 0.25) is 38.9 Å². The van der Waals surface area contributed by atoms with Gasteiger partial charge >= 0.3 is 0 Å². The summed E-state index contributed by atoms with van der Waals surface area (Å²) >= 11 is 5.72. The van der Waals surface area contributed by atoms with Crippen LogP contribution in [0.5, 0.6) is 17.2 Å². The predicted molar refractivity (Wildman–Crippen MR) is 99.4 cm³/mol. The highest BCUT2D eigenvalue weighted by Crippen LogP contribution is 2.37. The van der Waals surface area contributed by atoms with Crippen molar-refractivity contribution in [2.75, 3.05) is 5.94 Å². The summed E-state index contributed by atoms with van der Waals surface area (Å²) in [4.78, 5) is 4.92. The van der Waals surface area contributed by atoms with Gasteiger partial charge in [-0.05, 0) is 32.0 Å². The van der Waals surface area contributed by atoms with Crippen LogP contribution in [-0.2, 0) is 14.7 Å². The van der Waals surface area contributed by atoms with Crippen molar-refractivity contribution in [3.8, 4) is 17.2 Å². The van der Waals surface area contributed by atoms with E-state index in [2.05, 4.69) is 9.89 Å². The van der Waals surface area contributed by atoms with Crippen LogP contribution in [0.1, 0.15) is 20.3 Å². The molecular formula is C18H14ClF4NO5S. The Morgan fingerprint density at radius 2 is 1.70 bits per heavy atom. The highest BCUT2D eigenvalue weighted by molar-refractivity contribution is 8.06. The van der Waals surface area contributed by atoms with E-state index in [1.54, 1.807) is 13.8 Å². The number of oxime groups is 1. The minimum atomic E-state index is -4.27. The van der Waals surface area contributed by atoms with E-state index in [0.29, 0.717) is 0 Å². The van der Waals surface area contributed by atoms with E-state index in [-0.39, 0.29) is 17.2 Å². The Balaban J connectivity index is 1.86. The molecule has 0 unspecified atom stereocenters. The van der Waals surface area contributed by atoms with Crippen molar-refractivity contribution in [1.82, 2.24) is 0 Å². The molecule has 0 aromatic heterocycles. The Morgan fingerprint density at radius 3 is 2.23 bits per heavy atom. The molecule has 1 aliphatic rings. The lowest BCUT2D eigenvalue weighted by atomic mass is 10.1. The number of benzene rings is 2. The molecule has 2 aromatic carbocycles. The van der Waals surface area contributed by atoms with Crippen LogP contribution >= 0.6 is 11.6 Å². The first kappa shape index (κ1) is 22.2. The van der Waals surface area contributed by atoms with Gasteiger partial charge in [-0.3, -0.25) is 0 Å². The highest BCUT2D eigenvalue weighted by Gasteiger charge is 2.37. The number of rotatable bonds is 5. The molecule has 0 aliphatic carbocycles. The van der Waals surface area contributed by atoms with Gasteiger partial charge in [0, 0.05) is 11.4 Å². The quantitative estimate of drug-likeness (QED) is 0.459. The van der Waals surface area contributed by atoms with E-state index in [0.717, 1.165) is 0 Å². The Morgan fingerprint density at radius 1 is 1.10 bits per heavy atom. The van der Waals surface area contributed by atoms with E-state index in [9.17, 15) is 26.0 Å². The van der Waals surface area contributed by atoms with Crippen molar-refractivity contribution in [3.63, 3.8) is 0 Å². The van der Waals surface area contributed by atoms with Gasteiger partial charge in [-0.15, -0.1) is 0 Å². The number of hydrogen-bond donors (Lipinski definition) is 0. The molecule has 12 heteroatoms. The number of sulfone groups is 1. The van der Waals surface area contributed by atoms with E-state index >= 15 is 0 Å². The Labute approximate surface area is 173 Å². The van der Waals surface area contributed by atoms with Gasteiger partial charge in [0.05, 0.1) is 0 Å². The van der Waals surface area contributed by atoms with E-state index < -0.39 is 61.2 Å². The second-order valence-corrected chi connectivity index (χ2v) is 9.24. The maximum atomic E-state index is 14.3. The lowest BCUT2D eigenvalue weighted by Crippen LogP contribution is -2.26. The van der Waals surface area contributed by atoms with Crippen molar-refractivity contribution in [2.24, 2.45) is 5.16 Å². The average molecular weight is 468 g/mol. The molecule has 1 heterocycles. The smallest absolute Gasteiger partial charge is 0.230 e. The van der Waals surface area contributed by atoms with Gasteiger partial charge in [0.25, 0.3) is 0 Å². The van der Waals surface area contributed by atoms with Crippen LogP contribution in [0.4, 0.5) is 17.6 Å². The van der Waals surface area contributed by atoms with Gasteiger partial charge in [0.1, 0.15) is 11.4 Å². The number of hydrogen-bond acceptors (Lipinski definition) is 6. The first-order chi connectivity index (χ1) is 13.9. The normalized spacial score (nSPS) is 15.5. The summed E-state index contributed by atoms with van der Waals surface area (Å²) in [5.74, 6) is -12.2. The summed E-state index contributed by atoms with van der Waals surface area (Å²) in [6.45, 7) is 3.14. The number of ether oxygens (including phenoxy) is 2. The first-order valence-electron chi connectivity index (χ1n) is 8.31. The minimum absolute atomic E-state index is 0.112. The summed E-state index contributed by atoms with van der Waals surface area (Å²) in [5, 5.41) is 3.14. The third kappa shape index (κ3) is 4.46. The molecule has 1 aliphatic heterocycles. The van der Waals surface area contributed by atoms with Crippen LogP contribution in [0.15, 0.2) is 29.4 Å². The van der Waals surface area contributed by atoms with E-state index in [1.807, 2.05) is 0 Å². The first-order valence-corrected chi connectivity index (χ1v) is 10.3. The molecule has 0 spiro atoms. The van der Waals surface area contributed by atoms with Gasteiger partial charge in [-0.2, -0.15) is 17.6 Å². The number of nitrogens with zero attached hydrogens (tertiary/aromatic N) is 1. The molecule has 2 aromatic rings. The monoisotopic (exact) mass is 467 g/mol. The lowest BCUT2D eigenvalue weighted by molar-refractivity contribution is 0.0123. The molecule has 0 radical (unpaired) electrons. The second kappa shape index (κ2) is 7.95. The third-order valence-electron chi connectivity index (χ3n) is 3.89. The van der Waals surface area contributed by atoms with Crippen molar-refractivity contribution >= 4 is 26.5 Å². The fourth-order valence-corrected chi connectivity index (χ4v) is 3.74. The summed E-state index contributed by atoms with van der Waals surface area (Å²) < 4.78 is 91.1. The minimum Gasteiger partial charge on any atom is -0.471 e. The van der Waals surface area contributed by atoms with Crippen LogP contribution in [0, 0.1) is 23.3 Å². The molecule has 0 fully saturated rings. The van der Waals surface area contributed by atoms with Crippen LogP contribution < -0.4 is 9.47 Å². The van der Waals surface area contributed by atoms with Gasteiger partial charge in [-0.1, -0.05) is 22.8 Å². The Bertz CT molecular complexity index is 1110. The van der Waals surface area contributed by atoms with Gasteiger partial charge < -0.3 is 14.3 Å². The molecule has 162 valence electrons. The van der Waals surface area contributed by atoms with Crippen LogP contribution in [-0.4, -0.2) is 25.0 Å². The maximum absolute atomic E-state index is 14.3. The SMILES string of the molecule is CC1(C)CC(S(=O)(=O)COc2c(F)c(F)c(Oc3cccc(Cl)c3)c(F)c2F)=NO1. The topological polar surface area (TPSA) is 74.2 Å². The zero-order valence-electron chi connectivity index (χ0n) is 15.5. The number of halogens is 5. The van der Waals surface area contributed by atoms with Crippen LogP contribution in [0.25, 0.3) is 0 Å². The summed E-state index contributed by atoms with van der Waals surface area (Å²) in [7, 11) is -4.27. The fourth-order valence-electron chi connectivity index (χ4n) is 2.43. The van der Waals surface area contributed by atoms with Crippen molar-refractivity contribution in [2.45, 2.75) is 25.9 Å². The molecule has 0 amide bonds. The van der Waals surface area contributed by atoms with Gasteiger partial charge in [0.15, 0.2) is 16.7 Å². The summed E-state index contributed by atoms with van der Waals surface area (Å²) in [6, 6.07) is 5.25. The highest BCUT2D eigenvalue weighted by atomic mass is 35.5. The molecule has 0 atom stereocenters. The molecule has 0 saturated heterocycles. The third-order valence-corrected chi connectivity index (χ3v) is 5.49. The largest absolute Gasteiger partial charge is 0.471 e. The van der Waals surface area contributed by atoms with Crippen LogP contribution in [0.3, 0.4) is 0 Å². The zero-order chi connectivity index (χ0) is 22.3. The summed E-state index contributed by atoms with van der Waals surface area (Å²) in [6.07, 6.45) is -0.112. The molecule has 0 bridgehead atoms. The second-order valence-electron chi connectivity index (χ2n) is 6.86. The maximum Gasteiger partial charge on any atom is 0.230 e. The molecular weight excluding hydrogens is 454 g/mol. The summed E-state index contributed by atoms with van der Waals surface area (Å²) in [5.41, 5.74) is -0.892. The zero-order valence-corrected chi connectivity index (χ0v) is 17.1. The van der Waals surface area contributed by atoms with Crippen molar-refractivity contribution < 1.29 is 40.3 Å². The predicted octanol–water partition coefficient (Wildman–Crippen LogP) is 4.95. The molecule has 0 N–H and O–H groups in total. The molecule has 3 rings (SSSR count). The van der Waals surface area contributed by atoms with Gasteiger partial charge in [-0.25, -0.2) is 8.42 Å². The van der Waals surface area contributed by atoms with Crippen LogP contribution in [0.2, 0.25) is 5.02 Å². The van der Waals surface area contributed by atoms with E-state index in [4.69, 9.17) is 21.2 Å². The average Bonchev–Trinajstić information content (AvgIpc) is 3.04. The molecule has 30 heavy (non-hydrogen) atoms. The van der Waals surface area contributed by atoms with Crippen molar-refractivity contribution in [1.29, 1.82) is 0 Å². The Hall–Kier alpha value is -2.53. The lowest BCUT2D eigenvalue weighted by Gasteiger charge is -2.14. The standard InChI is InChI=1S/C18H14ClF4NO5S/c1-18(2)7-11(24-29-18)30(25,26)8-27-16-12(20)14(22)17(15(23)13(16)21)28-10-5-3-4-9(19)6-10/h3-6H,7-8H2,1-2H3. The molecule has 6 nitrogen and oxygen atoms in total. The molecule has 0 saturated carbocycles. The fraction of sp³-hybridized carbons (Fsp3) is 0.278. The van der Waals surface area contributed by atoms with E-state index in [1.165, 1.54) is 24.3 Å².